The molecule has 0 aliphatic rings. The van der Waals surface area contributed by atoms with E-state index in [1.165, 1.54) is 0 Å². The second-order valence-corrected chi connectivity index (χ2v) is 1.51. The van der Waals surface area contributed by atoms with Gasteiger partial charge in [0, 0.05) is 6.54 Å². The molecule has 0 aromatic rings. The van der Waals surface area contributed by atoms with Gasteiger partial charge in [-0.25, -0.2) is 8.78 Å². The van der Waals surface area contributed by atoms with Gasteiger partial charge in [-0.1, -0.05) is 0 Å². The molecule has 0 spiro atoms. The Bertz CT molecular complexity index is 59.8. The molecule has 1 unspecified atom stereocenters. The minimum atomic E-state index is -1.39. The summed E-state index contributed by atoms with van der Waals surface area (Å²) in [6, 6.07) is 0. The standard InChI is InChI=1S/C4H11F2N3/c5-1-2-8-9-3-4(6)7/h4,8-9H,1-3,7H2. The van der Waals surface area contributed by atoms with Crippen LogP contribution >= 0.6 is 0 Å². The lowest BCUT2D eigenvalue weighted by atomic mass is 10.6. The summed E-state index contributed by atoms with van der Waals surface area (Å²) < 4.78 is 23.0. The first-order valence-electron chi connectivity index (χ1n) is 2.68. The Balaban J connectivity index is 2.75. The van der Waals surface area contributed by atoms with Crippen molar-refractivity contribution in [3.8, 4) is 0 Å². The Morgan fingerprint density at radius 2 is 2.11 bits per heavy atom. The van der Waals surface area contributed by atoms with Crippen LogP contribution in [0.5, 0.6) is 0 Å². The van der Waals surface area contributed by atoms with Crippen molar-refractivity contribution < 1.29 is 8.78 Å². The number of halogens is 2. The maximum atomic E-state index is 11.7. The lowest BCUT2D eigenvalue weighted by Crippen LogP contribution is -2.40. The van der Waals surface area contributed by atoms with Gasteiger partial charge in [0.05, 0.1) is 6.54 Å². The summed E-state index contributed by atoms with van der Waals surface area (Å²) in [5.74, 6) is 0. The summed E-state index contributed by atoms with van der Waals surface area (Å²) in [5, 5.41) is 0. The first kappa shape index (κ1) is 8.74. The van der Waals surface area contributed by atoms with Gasteiger partial charge >= 0.3 is 0 Å². The van der Waals surface area contributed by atoms with E-state index in [0.29, 0.717) is 0 Å². The fourth-order valence-corrected chi connectivity index (χ4v) is 0.305. The minimum Gasteiger partial charge on any atom is -0.301 e. The lowest BCUT2D eigenvalue weighted by Gasteiger charge is -2.04. The minimum absolute atomic E-state index is 0. The first-order chi connectivity index (χ1) is 4.27. The van der Waals surface area contributed by atoms with Gasteiger partial charge in [-0.15, -0.1) is 0 Å². The molecule has 0 aliphatic heterocycles. The van der Waals surface area contributed by atoms with Gasteiger partial charge in [-0.3, -0.25) is 10.9 Å². The Morgan fingerprint density at radius 1 is 1.44 bits per heavy atom. The van der Waals surface area contributed by atoms with E-state index < -0.39 is 13.0 Å². The van der Waals surface area contributed by atoms with Crippen LogP contribution in [0.4, 0.5) is 8.78 Å². The Kier molecular flexibility index (Phi) is 5.70. The maximum absolute atomic E-state index is 11.7. The zero-order valence-electron chi connectivity index (χ0n) is 5.03. The van der Waals surface area contributed by atoms with E-state index in [1.807, 2.05) is 0 Å². The van der Waals surface area contributed by atoms with E-state index in [-0.39, 0.29) is 13.1 Å². The normalized spacial score (nSPS) is 13.7. The number of hydrogen-bond donors (Lipinski definition) is 3. The second kappa shape index (κ2) is 5.87. The summed E-state index contributed by atoms with van der Waals surface area (Å²) in [7, 11) is 0. The van der Waals surface area contributed by atoms with Gasteiger partial charge in [0.1, 0.15) is 6.67 Å². The van der Waals surface area contributed by atoms with Gasteiger partial charge in [0.15, 0.2) is 6.30 Å². The van der Waals surface area contributed by atoms with Crippen molar-refractivity contribution >= 4 is 0 Å². The van der Waals surface area contributed by atoms with Crippen LogP contribution in [0.2, 0.25) is 0 Å². The highest BCUT2D eigenvalue weighted by atomic mass is 19.1. The van der Waals surface area contributed by atoms with E-state index >= 15 is 0 Å². The molecular formula is C4H11F2N3. The van der Waals surface area contributed by atoms with Crippen molar-refractivity contribution in [3.63, 3.8) is 0 Å². The Hall–Kier alpha value is -0.260. The molecule has 0 saturated carbocycles. The molecule has 0 radical (unpaired) electrons. The lowest BCUT2D eigenvalue weighted by molar-refractivity contribution is 0.308. The van der Waals surface area contributed by atoms with Crippen molar-refractivity contribution in [1.29, 1.82) is 0 Å². The van der Waals surface area contributed by atoms with Crippen LogP contribution in [0.3, 0.4) is 0 Å². The number of rotatable bonds is 5. The van der Waals surface area contributed by atoms with Crippen molar-refractivity contribution in [1.82, 2.24) is 10.9 Å². The van der Waals surface area contributed by atoms with Gasteiger partial charge in [0.25, 0.3) is 0 Å². The number of nitrogens with one attached hydrogen (secondary N) is 2. The highest BCUT2D eigenvalue weighted by Crippen LogP contribution is 1.71. The number of alkyl halides is 2. The zero-order valence-corrected chi connectivity index (χ0v) is 5.03. The topological polar surface area (TPSA) is 50.1 Å². The molecule has 0 amide bonds. The molecule has 1 atom stereocenters. The second-order valence-electron chi connectivity index (χ2n) is 1.51. The van der Waals surface area contributed by atoms with Gasteiger partial charge < -0.3 is 5.73 Å². The predicted octanol–water partition coefficient (Wildman–Crippen LogP) is -0.696. The summed E-state index contributed by atoms with van der Waals surface area (Å²) in [4.78, 5) is 0. The van der Waals surface area contributed by atoms with Crippen LogP contribution in [-0.2, 0) is 0 Å². The molecule has 56 valence electrons. The molecule has 0 saturated heterocycles. The molecule has 4 N–H and O–H groups in total. The fourth-order valence-electron chi connectivity index (χ4n) is 0.305. The first-order valence-corrected chi connectivity index (χ1v) is 2.68. The van der Waals surface area contributed by atoms with E-state index in [1.54, 1.807) is 0 Å². The average Bonchev–Trinajstić information content (AvgIpc) is 1.80. The number of hydrogen-bond acceptors (Lipinski definition) is 3. The molecule has 0 heterocycles. The molecule has 9 heavy (non-hydrogen) atoms. The smallest absolute Gasteiger partial charge is 0.162 e. The Morgan fingerprint density at radius 3 is 2.56 bits per heavy atom. The highest BCUT2D eigenvalue weighted by Gasteiger charge is 1.93. The molecule has 0 aromatic carbocycles. The quantitative estimate of drug-likeness (QED) is 0.268. The number of hydrazine groups is 1. The fraction of sp³-hybridized carbons (Fsp3) is 1.00. The largest absolute Gasteiger partial charge is 0.301 e. The molecule has 0 rings (SSSR count). The van der Waals surface area contributed by atoms with Crippen molar-refractivity contribution in [2.45, 2.75) is 6.30 Å². The van der Waals surface area contributed by atoms with Crippen LogP contribution in [0.25, 0.3) is 0 Å². The summed E-state index contributed by atoms with van der Waals surface area (Å²) in [6.07, 6.45) is -1.39. The van der Waals surface area contributed by atoms with Crippen LogP contribution in [0, 0.1) is 0 Å². The highest BCUT2D eigenvalue weighted by molar-refractivity contribution is 4.46. The van der Waals surface area contributed by atoms with Crippen LogP contribution in [-0.4, -0.2) is 26.1 Å². The molecule has 0 aliphatic carbocycles. The zero-order chi connectivity index (χ0) is 7.11. The van der Waals surface area contributed by atoms with E-state index in [4.69, 9.17) is 5.73 Å². The van der Waals surface area contributed by atoms with Crippen LogP contribution < -0.4 is 16.6 Å². The SMILES string of the molecule is NC(F)CNNCCF. The van der Waals surface area contributed by atoms with E-state index in [9.17, 15) is 8.78 Å². The van der Waals surface area contributed by atoms with Crippen molar-refractivity contribution in [2.24, 2.45) is 5.73 Å². The average molecular weight is 139 g/mol. The van der Waals surface area contributed by atoms with Crippen molar-refractivity contribution in [3.05, 3.63) is 0 Å². The monoisotopic (exact) mass is 139 g/mol. The third kappa shape index (κ3) is 7.74. The Labute approximate surface area is 52.6 Å². The van der Waals surface area contributed by atoms with E-state index in [0.717, 1.165) is 0 Å². The maximum Gasteiger partial charge on any atom is 0.162 e. The molecular weight excluding hydrogens is 128 g/mol. The van der Waals surface area contributed by atoms with E-state index in [2.05, 4.69) is 10.9 Å². The summed E-state index contributed by atoms with van der Waals surface area (Å²) in [5.41, 5.74) is 9.53. The van der Waals surface area contributed by atoms with Crippen LogP contribution in [0.1, 0.15) is 0 Å². The van der Waals surface area contributed by atoms with Gasteiger partial charge in [-0.2, -0.15) is 0 Å². The molecule has 5 heteroatoms. The molecule has 0 bridgehead atoms. The molecule has 3 nitrogen and oxygen atoms in total. The van der Waals surface area contributed by atoms with Gasteiger partial charge in [-0.05, 0) is 0 Å². The van der Waals surface area contributed by atoms with Gasteiger partial charge in [0.2, 0.25) is 0 Å². The molecule has 0 fully saturated rings. The summed E-state index contributed by atoms with van der Waals surface area (Å²) in [6.45, 7) is -0.304. The third-order valence-electron chi connectivity index (χ3n) is 0.642. The predicted molar refractivity (Wildman–Crippen MR) is 31.1 cm³/mol. The molecule has 0 aromatic heterocycles. The number of nitrogens with two attached hydrogens (primary N) is 1. The van der Waals surface area contributed by atoms with Crippen LogP contribution in [0.15, 0.2) is 0 Å². The van der Waals surface area contributed by atoms with Crippen molar-refractivity contribution in [2.75, 3.05) is 19.8 Å². The summed E-state index contributed by atoms with van der Waals surface area (Å²) >= 11 is 0. The third-order valence-corrected chi connectivity index (χ3v) is 0.642.